The van der Waals surface area contributed by atoms with Crippen LogP contribution in [-0.4, -0.2) is 28.3 Å². The molecular formula is C20H17Cl2N3O. The third-order valence-electron chi connectivity index (χ3n) is 4.74. The zero-order valence-corrected chi connectivity index (χ0v) is 15.7. The molecule has 0 N–H and O–H groups in total. The van der Waals surface area contributed by atoms with E-state index in [1.165, 1.54) is 21.9 Å². The predicted octanol–water partition coefficient (Wildman–Crippen LogP) is 4.12. The van der Waals surface area contributed by atoms with E-state index in [2.05, 4.69) is 23.1 Å². The highest BCUT2D eigenvalue weighted by atomic mass is 35.5. The Labute approximate surface area is 161 Å². The summed E-state index contributed by atoms with van der Waals surface area (Å²) in [7, 11) is 2.09. The molecule has 0 radical (unpaired) electrons. The molecule has 6 heteroatoms. The van der Waals surface area contributed by atoms with E-state index in [9.17, 15) is 4.79 Å². The lowest BCUT2D eigenvalue weighted by Gasteiger charge is -2.33. The SMILES string of the molecule is CN1Cc2cc(-n3ncccc3=O)ccc2C(c2ccc(Cl)c(Cl)c2)C1. The molecule has 1 aromatic heterocycles. The van der Waals surface area contributed by atoms with E-state index in [0.717, 1.165) is 24.3 Å². The van der Waals surface area contributed by atoms with Crippen molar-refractivity contribution in [3.8, 4) is 5.69 Å². The summed E-state index contributed by atoms with van der Waals surface area (Å²) in [6, 6.07) is 15.0. The van der Waals surface area contributed by atoms with E-state index in [0.29, 0.717) is 10.0 Å². The molecule has 0 spiro atoms. The Hall–Kier alpha value is -2.14. The molecule has 0 bridgehead atoms. The third kappa shape index (κ3) is 3.16. The van der Waals surface area contributed by atoms with Gasteiger partial charge in [0.05, 0.1) is 15.7 Å². The number of rotatable bonds is 2. The number of aromatic nitrogens is 2. The van der Waals surface area contributed by atoms with Crippen molar-refractivity contribution >= 4 is 23.2 Å². The van der Waals surface area contributed by atoms with E-state index < -0.39 is 0 Å². The van der Waals surface area contributed by atoms with Crippen LogP contribution in [-0.2, 0) is 6.54 Å². The molecule has 1 atom stereocenters. The van der Waals surface area contributed by atoms with Crippen LogP contribution in [0.2, 0.25) is 10.0 Å². The molecule has 2 aromatic carbocycles. The maximum Gasteiger partial charge on any atom is 0.271 e. The first-order valence-electron chi connectivity index (χ1n) is 8.34. The summed E-state index contributed by atoms with van der Waals surface area (Å²) in [5.41, 5.74) is 4.20. The van der Waals surface area contributed by atoms with Crippen molar-refractivity contribution in [2.75, 3.05) is 13.6 Å². The summed E-state index contributed by atoms with van der Waals surface area (Å²) in [5, 5.41) is 5.30. The second kappa shape index (κ2) is 6.88. The first-order valence-corrected chi connectivity index (χ1v) is 9.09. The van der Waals surface area contributed by atoms with Gasteiger partial charge in [-0.25, -0.2) is 0 Å². The summed E-state index contributed by atoms with van der Waals surface area (Å²) in [6.45, 7) is 1.72. The van der Waals surface area contributed by atoms with E-state index in [-0.39, 0.29) is 11.5 Å². The smallest absolute Gasteiger partial charge is 0.271 e. The summed E-state index contributed by atoms with van der Waals surface area (Å²) in [5.74, 6) is 0.202. The van der Waals surface area contributed by atoms with Crippen molar-refractivity contribution in [3.05, 3.63) is 91.8 Å². The van der Waals surface area contributed by atoms with Gasteiger partial charge in [-0.2, -0.15) is 9.78 Å². The number of likely N-dealkylation sites (N-methyl/N-ethyl adjacent to an activating group) is 1. The van der Waals surface area contributed by atoms with Crippen LogP contribution >= 0.6 is 23.2 Å². The van der Waals surface area contributed by atoms with Crippen molar-refractivity contribution in [2.24, 2.45) is 0 Å². The molecule has 4 rings (SSSR count). The molecule has 0 saturated heterocycles. The van der Waals surface area contributed by atoms with Gasteiger partial charge < -0.3 is 4.90 Å². The lowest BCUT2D eigenvalue weighted by Crippen LogP contribution is -2.31. The number of nitrogens with zero attached hydrogens (tertiary/aromatic N) is 3. The van der Waals surface area contributed by atoms with Crippen LogP contribution in [0.15, 0.2) is 59.5 Å². The number of benzene rings is 2. The minimum atomic E-state index is -0.141. The molecule has 3 aromatic rings. The fourth-order valence-electron chi connectivity index (χ4n) is 3.53. The number of fused-ring (bicyclic) bond motifs is 1. The Morgan fingerprint density at radius 2 is 1.92 bits per heavy atom. The molecule has 1 unspecified atom stereocenters. The molecule has 0 amide bonds. The van der Waals surface area contributed by atoms with Crippen LogP contribution in [0, 0.1) is 0 Å². The van der Waals surface area contributed by atoms with Crippen LogP contribution in [0.5, 0.6) is 0 Å². The van der Waals surface area contributed by atoms with Gasteiger partial charge in [-0.1, -0.05) is 35.3 Å². The maximum absolute atomic E-state index is 12.1. The second-order valence-corrected chi connectivity index (χ2v) is 7.39. The van der Waals surface area contributed by atoms with Crippen molar-refractivity contribution < 1.29 is 0 Å². The fraction of sp³-hybridized carbons (Fsp3) is 0.200. The molecule has 2 heterocycles. The Kier molecular flexibility index (Phi) is 4.57. The molecule has 0 aliphatic carbocycles. The zero-order valence-electron chi connectivity index (χ0n) is 14.2. The molecule has 132 valence electrons. The van der Waals surface area contributed by atoms with Crippen LogP contribution in [0.4, 0.5) is 0 Å². The Bertz CT molecular complexity index is 1030. The van der Waals surface area contributed by atoms with Gasteiger partial charge in [0.25, 0.3) is 5.56 Å². The summed E-state index contributed by atoms with van der Waals surface area (Å²) >= 11 is 12.3. The van der Waals surface area contributed by atoms with Crippen LogP contribution in [0.25, 0.3) is 5.69 Å². The zero-order chi connectivity index (χ0) is 18.3. The van der Waals surface area contributed by atoms with Gasteiger partial charge in [0, 0.05) is 31.3 Å². The normalized spacial score (nSPS) is 17.1. The molecule has 0 saturated carbocycles. The lowest BCUT2D eigenvalue weighted by atomic mass is 9.84. The van der Waals surface area contributed by atoms with Crippen LogP contribution in [0.3, 0.4) is 0 Å². The van der Waals surface area contributed by atoms with E-state index in [1.54, 1.807) is 12.3 Å². The minimum Gasteiger partial charge on any atom is -0.301 e. The first kappa shape index (κ1) is 17.3. The molecule has 26 heavy (non-hydrogen) atoms. The molecule has 1 aliphatic heterocycles. The minimum absolute atomic E-state index is 0.141. The number of halogens is 2. The Balaban J connectivity index is 1.80. The van der Waals surface area contributed by atoms with Crippen LogP contribution < -0.4 is 5.56 Å². The van der Waals surface area contributed by atoms with Crippen LogP contribution in [0.1, 0.15) is 22.6 Å². The highest BCUT2D eigenvalue weighted by molar-refractivity contribution is 6.42. The molecule has 4 nitrogen and oxygen atoms in total. The van der Waals surface area contributed by atoms with Crippen molar-refractivity contribution in [2.45, 2.75) is 12.5 Å². The van der Waals surface area contributed by atoms with Gasteiger partial charge in [-0.3, -0.25) is 4.79 Å². The van der Waals surface area contributed by atoms with Gasteiger partial charge in [-0.15, -0.1) is 0 Å². The van der Waals surface area contributed by atoms with Gasteiger partial charge in [0.15, 0.2) is 0 Å². The first-order chi connectivity index (χ1) is 12.5. The highest BCUT2D eigenvalue weighted by Crippen LogP contribution is 2.36. The predicted molar refractivity (Wildman–Crippen MR) is 104 cm³/mol. The monoisotopic (exact) mass is 385 g/mol. The summed E-state index contributed by atoms with van der Waals surface area (Å²) in [4.78, 5) is 14.3. The van der Waals surface area contributed by atoms with Gasteiger partial charge in [0.1, 0.15) is 0 Å². The summed E-state index contributed by atoms with van der Waals surface area (Å²) in [6.07, 6.45) is 1.62. The van der Waals surface area contributed by atoms with Gasteiger partial charge in [0.2, 0.25) is 0 Å². The van der Waals surface area contributed by atoms with Gasteiger partial charge >= 0.3 is 0 Å². The van der Waals surface area contributed by atoms with Gasteiger partial charge in [-0.05, 0) is 54.1 Å². The average Bonchev–Trinajstić information content (AvgIpc) is 2.63. The van der Waals surface area contributed by atoms with Crippen molar-refractivity contribution in [1.29, 1.82) is 0 Å². The Morgan fingerprint density at radius 3 is 2.69 bits per heavy atom. The Morgan fingerprint density at radius 1 is 1.08 bits per heavy atom. The lowest BCUT2D eigenvalue weighted by molar-refractivity contribution is 0.295. The van der Waals surface area contributed by atoms with Crippen molar-refractivity contribution in [3.63, 3.8) is 0 Å². The third-order valence-corrected chi connectivity index (χ3v) is 5.48. The fourth-order valence-corrected chi connectivity index (χ4v) is 3.84. The summed E-state index contributed by atoms with van der Waals surface area (Å²) < 4.78 is 1.42. The quantitative estimate of drug-likeness (QED) is 0.665. The van der Waals surface area contributed by atoms with Crippen molar-refractivity contribution in [1.82, 2.24) is 14.7 Å². The van der Waals surface area contributed by atoms with E-state index in [4.69, 9.17) is 23.2 Å². The average molecular weight is 386 g/mol. The highest BCUT2D eigenvalue weighted by Gasteiger charge is 2.25. The maximum atomic E-state index is 12.1. The topological polar surface area (TPSA) is 38.1 Å². The standard InChI is InChI=1S/C20H17Cl2N3O/c1-24-11-14-9-15(25-20(26)3-2-8-23-25)5-6-16(14)17(12-24)13-4-7-18(21)19(22)10-13/h2-10,17H,11-12H2,1H3. The number of hydrogen-bond donors (Lipinski definition) is 0. The largest absolute Gasteiger partial charge is 0.301 e. The molecular weight excluding hydrogens is 369 g/mol. The van der Waals surface area contributed by atoms with E-state index in [1.807, 2.05) is 30.3 Å². The second-order valence-electron chi connectivity index (χ2n) is 6.58. The molecule has 0 fully saturated rings. The molecule has 1 aliphatic rings. The number of hydrogen-bond acceptors (Lipinski definition) is 3. The van der Waals surface area contributed by atoms with E-state index >= 15 is 0 Å².